The van der Waals surface area contributed by atoms with Gasteiger partial charge in [0, 0.05) is 12.7 Å². The number of anilines is 1. The molecule has 0 fully saturated rings. The van der Waals surface area contributed by atoms with Crippen molar-refractivity contribution in [3.63, 3.8) is 0 Å². The molecule has 0 bridgehead atoms. The van der Waals surface area contributed by atoms with E-state index in [0.717, 1.165) is 0 Å². The maximum Gasteiger partial charge on any atom is 0.209 e. The van der Waals surface area contributed by atoms with Gasteiger partial charge in [-0.15, -0.1) is 0 Å². The maximum atomic E-state index is 10.6. The third-order valence-electron chi connectivity index (χ3n) is 1.80. The van der Waals surface area contributed by atoms with Gasteiger partial charge in [-0.2, -0.15) is 5.26 Å². The minimum atomic E-state index is -3.40. The molecule has 1 aromatic heterocycles. The molecule has 1 rings (SSSR count). The van der Waals surface area contributed by atoms with E-state index in [0.29, 0.717) is 24.3 Å². The highest BCUT2D eigenvalue weighted by Crippen LogP contribution is 2.05. The average molecular weight is 240 g/mol. The van der Waals surface area contributed by atoms with E-state index in [1.807, 2.05) is 6.07 Å². The van der Waals surface area contributed by atoms with Crippen molar-refractivity contribution < 1.29 is 8.42 Å². The summed E-state index contributed by atoms with van der Waals surface area (Å²) in [5, 5.41) is 16.4. The summed E-state index contributed by atoms with van der Waals surface area (Å²) < 4.78 is 21.3. The van der Waals surface area contributed by atoms with Crippen LogP contribution in [-0.2, 0) is 10.0 Å². The molecule has 0 atom stereocenters. The molecule has 0 amide bonds. The quantitative estimate of drug-likeness (QED) is 0.706. The lowest BCUT2D eigenvalue weighted by Gasteiger charge is -2.04. The molecule has 0 aliphatic heterocycles. The molecule has 0 aliphatic carbocycles. The molecule has 16 heavy (non-hydrogen) atoms. The molecule has 6 nitrogen and oxygen atoms in total. The molecule has 3 N–H and O–H groups in total. The molecule has 7 heteroatoms. The van der Waals surface area contributed by atoms with Gasteiger partial charge in [0.05, 0.1) is 17.4 Å². The minimum Gasteiger partial charge on any atom is -0.370 e. The zero-order chi connectivity index (χ0) is 12.0. The number of nitrogens with one attached hydrogen (secondary N) is 1. The fourth-order valence-corrected chi connectivity index (χ4v) is 1.63. The van der Waals surface area contributed by atoms with Crippen LogP contribution in [0.4, 0.5) is 5.82 Å². The van der Waals surface area contributed by atoms with Crippen molar-refractivity contribution in [2.45, 2.75) is 6.42 Å². The van der Waals surface area contributed by atoms with Crippen molar-refractivity contribution >= 4 is 15.8 Å². The number of hydrogen-bond donors (Lipinski definition) is 2. The first kappa shape index (κ1) is 12.4. The Hall–Kier alpha value is -1.65. The number of pyridine rings is 1. The summed E-state index contributed by atoms with van der Waals surface area (Å²) in [7, 11) is -3.40. The Balaban J connectivity index is 2.41. The molecule has 0 unspecified atom stereocenters. The summed E-state index contributed by atoms with van der Waals surface area (Å²) in [6.07, 6.45) is 1.91. The molecule has 0 aromatic carbocycles. The Morgan fingerprint density at radius 2 is 2.31 bits per heavy atom. The van der Waals surface area contributed by atoms with Crippen molar-refractivity contribution in [3.05, 3.63) is 23.9 Å². The Bertz CT molecular complexity index is 492. The summed E-state index contributed by atoms with van der Waals surface area (Å²) in [5.41, 5.74) is 0.504. The van der Waals surface area contributed by atoms with E-state index < -0.39 is 10.0 Å². The first-order valence-corrected chi connectivity index (χ1v) is 6.33. The van der Waals surface area contributed by atoms with Gasteiger partial charge < -0.3 is 5.32 Å². The van der Waals surface area contributed by atoms with Crippen LogP contribution in [0.15, 0.2) is 18.3 Å². The van der Waals surface area contributed by atoms with E-state index in [1.54, 1.807) is 12.1 Å². The molecule has 0 aliphatic rings. The van der Waals surface area contributed by atoms with Crippen LogP contribution in [0, 0.1) is 11.3 Å². The highest BCUT2D eigenvalue weighted by molar-refractivity contribution is 7.89. The fourth-order valence-electron chi connectivity index (χ4n) is 1.09. The predicted octanol–water partition coefficient (Wildman–Crippen LogP) is 0.0438. The van der Waals surface area contributed by atoms with Crippen LogP contribution in [0.25, 0.3) is 0 Å². The van der Waals surface area contributed by atoms with E-state index in [9.17, 15) is 8.42 Å². The van der Waals surface area contributed by atoms with E-state index in [2.05, 4.69) is 10.3 Å². The van der Waals surface area contributed by atoms with Crippen LogP contribution in [0.5, 0.6) is 0 Å². The fraction of sp³-hybridized carbons (Fsp3) is 0.333. The monoisotopic (exact) mass is 240 g/mol. The number of nitrogens with two attached hydrogens (primary N) is 1. The zero-order valence-electron chi connectivity index (χ0n) is 8.55. The lowest BCUT2D eigenvalue weighted by Crippen LogP contribution is -2.18. The Labute approximate surface area is 94.2 Å². The van der Waals surface area contributed by atoms with Gasteiger partial charge in [-0.05, 0) is 18.6 Å². The van der Waals surface area contributed by atoms with Crippen LogP contribution in [0.2, 0.25) is 0 Å². The van der Waals surface area contributed by atoms with Crippen molar-refractivity contribution in [2.75, 3.05) is 17.6 Å². The molecule has 86 valence electrons. The first-order chi connectivity index (χ1) is 7.51. The van der Waals surface area contributed by atoms with Crippen molar-refractivity contribution in [1.82, 2.24) is 4.98 Å². The third kappa shape index (κ3) is 4.72. The number of sulfonamides is 1. The number of primary sulfonamides is 1. The van der Waals surface area contributed by atoms with Crippen molar-refractivity contribution in [3.8, 4) is 6.07 Å². The molecule has 1 aromatic rings. The van der Waals surface area contributed by atoms with Gasteiger partial charge in [-0.25, -0.2) is 18.5 Å². The van der Waals surface area contributed by atoms with Gasteiger partial charge in [0.25, 0.3) is 0 Å². The van der Waals surface area contributed by atoms with Crippen molar-refractivity contribution in [2.24, 2.45) is 5.14 Å². The van der Waals surface area contributed by atoms with Gasteiger partial charge in [0.15, 0.2) is 0 Å². The van der Waals surface area contributed by atoms with E-state index in [-0.39, 0.29) is 5.75 Å². The highest BCUT2D eigenvalue weighted by Gasteiger charge is 2.01. The average Bonchev–Trinajstić information content (AvgIpc) is 2.23. The van der Waals surface area contributed by atoms with Gasteiger partial charge in [0.2, 0.25) is 10.0 Å². The second-order valence-electron chi connectivity index (χ2n) is 3.19. The van der Waals surface area contributed by atoms with Crippen molar-refractivity contribution in [1.29, 1.82) is 5.26 Å². The standard InChI is InChI=1S/C9H12N4O2S/c10-7-8-2-4-13-9(6-8)12-3-1-5-16(11,14)15/h2,4,6H,1,3,5H2,(H,12,13)(H2,11,14,15). The summed E-state index contributed by atoms with van der Waals surface area (Å²) >= 11 is 0. The number of nitrogens with zero attached hydrogens (tertiary/aromatic N) is 2. The maximum absolute atomic E-state index is 10.6. The van der Waals surface area contributed by atoms with Gasteiger partial charge >= 0.3 is 0 Å². The minimum absolute atomic E-state index is 0.0715. The summed E-state index contributed by atoms with van der Waals surface area (Å²) in [5.74, 6) is 0.478. The Kier molecular flexibility index (Phi) is 4.22. The smallest absolute Gasteiger partial charge is 0.209 e. The van der Waals surface area contributed by atoms with Crippen LogP contribution < -0.4 is 10.5 Å². The van der Waals surface area contributed by atoms with E-state index in [4.69, 9.17) is 10.4 Å². The topological polar surface area (TPSA) is 109 Å². The second-order valence-corrected chi connectivity index (χ2v) is 4.92. The highest BCUT2D eigenvalue weighted by atomic mass is 32.2. The Morgan fingerprint density at radius 1 is 1.56 bits per heavy atom. The number of rotatable bonds is 5. The molecule has 0 radical (unpaired) electrons. The number of aromatic nitrogens is 1. The third-order valence-corrected chi connectivity index (χ3v) is 2.66. The van der Waals surface area contributed by atoms with Gasteiger partial charge in [0.1, 0.15) is 5.82 Å². The molecule has 0 spiro atoms. The normalized spacial score (nSPS) is 10.8. The zero-order valence-corrected chi connectivity index (χ0v) is 9.37. The number of nitriles is 1. The lowest BCUT2D eigenvalue weighted by atomic mass is 10.3. The van der Waals surface area contributed by atoms with Crippen LogP contribution in [0.3, 0.4) is 0 Å². The predicted molar refractivity (Wildman–Crippen MR) is 60.0 cm³/mol. The largest absolute Gasteiger partial charge is 0.370 e. The summed E-state index contributed by atoms with van der Waals surface area (Å²) in [6.45, 7) is 0.443. The number of hydrogen-bond acceptors (Lipinski definition) is 5. The van der Waals surface area contributed by atoms with E-state index in [1.165, 1.54) is 6.20 Å². The van der Waals surface area contributed by atoms with Crippen LogP contribution in [0.1, 0.15) is 12.0 Å². The lowest BCUT2D eigenvalue weighted by molar-refractivity contribution is 0.595. The molecule has 0 saturated carbocycles. The molecule has 0 saturated heterocycles. The second kappa shape index (κ2) is 5.44. The SMILES string of the molecule is N#Cc1ccnc(NCCCS(N)(=O)=O)c1. The van der Waals surface area contributed by atoms with E-state index >= 15 is 0 Å². The molecular formula is C9H12N4O2S. The summed E-state index contributed by atoms with van der Waals surface area (Å²) in [6, 6.07) is 5.17. The van der Waals surface area contributed by atoms with Gasteiger partial charge in [-0.1, -0.05) is 0 Å². The summed E-state index contributed by atoms with van der Waals surface area (Å²) in [4.78, 5) is 3.98. The molecule has 1 heterocycles. The Morgan fingerprint density at radius 3 is 2.94 bits per heavy atom. The van der Waals surface area contributed by atoms with Crippen LogP contribution in [-0.4, -0.2) is 25.7 Å². The molecular weight excluding hydrogens is 228 g/mol. The first-order valence-electron chi connectivity index (χ1n) is 4.62. The van der Waals surface area contributed by atoms with Gasteiger partial charge in [-0.3, -0.25) is 0 Å². The van der Waals surface area contributed by atoms with Crippen LogP contribution >= 0.6 is 0 Å².